The quantitative estimate of drug-likeness (QED) is 0.331. The minimum atomic E-state index is -1.50. The molecule has 39 heavy (non-hydrogen) atoms. The molecule has 1 aliphatic heterocycles. The van der Waals surface area contributed by atoms with Crippen LogP contribution in [-0.4, -0.2) is 86.0 Å². The Hall–Kier alpha value is -3.57. The summed E-state index contributed by atoms with van der Waals surface area (Å²) in [5, 5.41) is 11.6. The van der Waals surface area contributed by atoms with Crippen LogP contribution in [0.5, 0.6) is 0 Å². The zero-order chi connectivity index (χ0) is 27.0. The van der Waals surface area contributed by atoms with Crippen molar-refractivity contribution < 1.29 is 13.9 Å². The first-order valence-corrected chi connectivity index (χ1v) is 13.7. The molecule has 1 aliphatic carbocycles. The number of pyridine rings is 1. The molecule has 0 unspecified atom stereocenters. The molecule has 2 aliphatic rings. The Bertz CT molecular complexity index is 1460. The highest BCUT2D eigenvalue weighted by molar-refractivity contribution is 6.04. The number of rotatable bonds is 7. The first-order chi connectivity index (χ1) is 18.9. The molecule has 4 aromatic rings. The summed E-state index contributed by atoms with van der Waals surface area (Å²) in [6.45, 7) is 6.51. The van der Waals surface area contributed by atoms with Gasteiger partial charge in [-0.2, -0.15) is 5.10 Å². The van der Waals surface area contributed by atoms with Crippen LogP contribution in [-0.2, 0) is 4.74 Å². The monoisotopic (exact) mass is 534 g/mol. The number of aromatic nitrogens is 5. The molecule has 206 valence electrons. The van der Waals surface area contributed by atoms with Crippen molar-refractivity contribution in [2.24, 2.45) is 0 Å². The Morgan fingerprint density at radius 1 is 1.21 bits per heavy atom. The molecule has 0 aromatic carbocycles. The summed E-state index contributed by atoms with van der Waals surface area (Å²) in [4.78, 5) is 27.7. The van der Waals surface area contributed by atoms with Crippen LogP contribution in [0.1, 0.15) is 49.9 Å². The number of carbonyl (C=O) groups excluding carboxylic acids is 1. The zero-order valence-corrected chi connectivity index (χ0v) is 22.4. The molecule has 3 N–H and O–H groups in total. The fourth-order valence-corrected chi connectivity index (χ4v) is 5.73. The number of alkyl halides is 1. The highest BCUT2D eigenvalue weighted by Crippen LogP contribution is 2.34. The Labute approximate surface area is 226 Å². The fraction of sp³-hybridized carbons (Fsp3) is 0.500. The van der Waals surface area contributed by atoms with Gasteiger partial charge in [0.15, 0.2) is 0 Å². The zero-order valence-electron chi connectivity index (χ0n) is 22.4. The average Bonchev–Trinajstić information content (AvgIpc) is 3.57. The summed E-state index contributed by atoms with van der Waals surface area (Å²) < 4.78 is 21.1. The number of nitrogens with one attached hydrogen (secondary N) is 3. The Kier molecular flexibility index (Phi) is 6.94. The van der Waals surface area contributed by atoms with Crippen LogP contribution in [0.25, 0.3) is 27.7 Å². The fourth-order valence-electron chi connectivity index (χ4n) is 5.73. The third kappa shape index (κ3) is 5.46. The summed E-state index contributed by atoms with van der Waals surface area (Å²) in [5.74, 6) is 0.452. The maximum Gasteiger partial charge on any atom is 0.255 e. The molecule has 2 fully saturated rings. The second-order valence-corrected chi connectivity index (χ2v) is 11.2. The van der Waals surface area contributed by atoms with Gasteiger partial charge >= 0.3 is 0 Å². The number of halogens is 1. The van der Waals surface area contributed by atoms with Crippen molar-refractivity contribution in [3.05, 3.63) is 42.6 Å². The lowest BCUT2D eigenvalue weighted by molar-refractivity contribution is 0.00791. The van der Waals surface area contributed by atoms with Gasteiger partial charge in [-0.15, -0.1) is 0 Å². The van der Waals surface area contributed by atoms with Crippen LogP contribution < -0.4 is 10.6 Å². The van der Waals surface area contributed by atoms with Crippen LogP contribution in [0.15, 0.2) is 37.1 Å². The molecule has 11 heteroatoms. The minimum Gasteiger partial charge on any atom is -0.379 e. The number of fused-ring (bicyclic) bond motifs is 2. The van der Waals surface area contributed by atoms with Crippen LogP contribution >= 0.6 is 0 Å². The molecule has 6 rings (SSSR count). The van der Waals surface area contributed by atoms with E-state index in [2.05, 4.69) is 35.6 Å². The van der Waals surface area contributed by atoms with Gasteiger partial charge in [0, 0.05) is 43.1 Å². The Morgan fingerprint density at radius 3 is 2.77 bits per heavy atom. The molecule has 1 amide bonds. The second-order valence-electron chi connectivity index (χ2n) is 11.2. The summed E-state index contributed by atoms with van der Waals surface area (Å²) in [5.41, 5.74) is 2.13. The lowest BCUT2D eigenvalue weighted by Gasteiger charge is -2.39. The van der Waals surface area contributed by atoms with Crippen molar-refractivity contribution in [2.75, 3.05) is 38.2 Å². The van der Waals surface area contributed by atoms with Crippen molar-refractivity contribution in [1.29, 1.82) is 0 Å². The van der Waals surface area contributed by atoms with E-state index < -0.39 is 5.67 Å². The molecule has 0 bridgehead atoms. The summed E-state index contributed by atoms with van der Waals surface area (Å²) >= 11 is 0. The number of hydrogen-bond acceptors (Lipinski definition) is 7. The van der Waals surface area contributed by atoms with E-state index in [4.69, 9.17) is 4.74 Å². The second kappa shape index (κ2) is 10.5. The van der Waals surface area contributed by atoms with Gasteiger partial charge in [-0.1, -0.05) is 0 Å². The first kappa shape index (κ1) is 25.7. The number of hydrogen-bond donors (Lipinski definition) is 3. The highest BCUT2D eigenvalue weighted by Gasteiger charge is 2.28. The van der Waals surface area contributed by atoms with Crippen molar-refractivity contribution in [3.63, 3.8) is 0 Å². The van der Waals surface area contributed by atoms with E-state index in [-0.39, 0.29) is 12.5 Å². The number of ether oxygens (including phenoxy) is 1. The van der Waals surface area contributed by atoms with Crippen molar-refractivity contribution in [3.8, 4) is 11.1 Å². The van der Waals surface area contributed by atoms with Crippen LogP contribution in [0.4, 0.5) is 10.2 Å². The largest absolute Gasteiger partial charge is 0.379 e. The number of amides is 1. The van der Waals surface area contributed by atoms with Crippen molar-refractivity contribution >= 4 is 28.3 Å². The van der Waals surface area contributed by atoms with Crippen LogP contribution in [0, 0.1) is 0 Å². The standard InChI is InChI=1S/C28H35FN8O2/c1-28(2,29)16-31-27(38)22-15-34-37-8-7-18(13-23(22)37)21-14-30-25-24(21)26(33-17-32-25)35-19-3-5-20(6-4-19)36-9-11-39-12-10-36/h7-8,13-15,17,19-20H,3-6,9-12,16H2,1-2H3,(H,31,38)(H2,30,32,33,35). The van der Waals surface area contributed by atoms with Crippen LogP contribution in [0.3, 0.4) is 0 Å². The van der Waals surface area contributed by atoms with E-state index >= 15 is 0 Å². The van der Waals surface area contributed by atoms with Gasteiger partial charge in [-0.3, -0.25) is 9.69 Å². The number of nitrogens with zero attached hydrogens (tertiary/aromatic N) is 5. The number of aromatic amines is 1. The molecule has 1 saturated heterocycles. The van der Waals surface area contributed by atoms with Gasteiger partial charge in [0.05, 0.1) is 42.4 Å². The molecule has 0 spiro atoms. The third-order valence-corrected chi connectivity index (χ3v) is 7.82. The van der Waals surface area contributed by atoms with Gasteiger partial charge in [0.2, 0.25) is 0 Å². The molecule has 10 nitrogen and oxygen atoms in total. The van der Waals surface area contributed by atoms with E-state index in [0.717, 1.165) is 80.0 Å². The predicted octanol–water partition coefficient (Wildman–Crippen LogP) is 3.81. The van der Waals surface area contributed by atoms with Crippen molar-refractivity contribution in [1.82, 2.24) is 34.8 Å². The van der Waals surface area contributed by atoms with Gasteiger partial charge in [0.25, 0.3) is 5.91 Å². The van der Waals surface area contributed by atoms with Gasteiger partial charge in [-0.05, 0) is 57.2 Å². The lowest BCUT2D eigenvalue weighted by atomic mass is 9.90. The van der Waals surface area contributed by atoms with Gasteiger partial charge in [-0.25, -0.2) is 18.9 Å². The number of H-pyrrole nitrogens is 1. The smallest absolute Gasteiger partial charge is 0.255 e. The van der Waals surface area contributed by atoms with E-state index in [1.807, 2.05) is 24.5 Å². The Balaban J connectivity index is 1.24. The van der Waals surface area contributed by atoms with Crippen molar-refractivity contribution in [2.45, 2.75) is 57.3 Å². The number of anilines is 1. The minimum absolute atomic E-state index is 0.0773. The summed E-state index contributed by atoms with van der Waals surface area (Å²) in [6.07, 6.45) is 11.3. The molecule has 0 atom stereocenters. The molecular weight excluding hydrogens is 499 g/mol. The third-order valence-electron chi connectivity index (χ3n) is 7.82. The van der Waals surface area contributed by atoms with E-state index in [0.29, 0.717) is 23.2 Å². The molecule has 1 saturated carbocycles. The number of carbonyl (C=O) groups is 1. The molecule has 4 aromatic heterocycles. The summed E-state index contributed by atoms with van der Waals surface area (Å²) in [7, 11) is 0. The lowest BCUT2D eigenvalue weighted by Crippen LogP contribution is -2.46. The summed E-state index contributed by atoms with van der Waals surface area (Å²) in [6, 6.07) is 4.86. The molecular formula is C28H35FN8O2. The van der Waals surface area contributed by atoms with E-state index in [1.54, 1.807) is 10.8 Å². The maximum absolute atomic E-state index is 14.0. The first-order valence-electron chi connectivity index (χ1n) is 13.7. The maximum atomic E-state index is 14.0. The Morgan fingerprint density at radius 2 is 2.00 bits per heavy atom. The predicted molar refractivity (Wildman–Crippen MR) is 148 cm³/mol. The SMILES string of the molecule is CC(C)(F)CNC(=O)c1cnn2ccc(-c3c[nH]c4ncnc(NC5CCC(N6CCOCC6)CC5)c34)cc12. The van der Waals surface area contributed by atoms with E-state index in [1.165, 1.54) is 20.0 Å². The average molecular weight is 535 g/mol. The normalized spacial score (nSPS) is 20.9. The molecule has 5 heterocycles. The topological polar surface area (TPSA) is 112 Å². The molecule has 0 radical (unpaired) electrons. The number of morpholine rings is 1. The van der Waals surface area contributed by atoms with Crippen LogP contribution in [0.2, 0.25) is 0 Å². The van der Waals surface area contributed by atoms with E-state index in [9.17, 15) is 9.18 Å². The van der Waals surface area contributed by atoms with Gasteiger partial charge < -0.3 is 20.4 Å². The van der Waals surface area contributed by atoms with Gasteiger partial charge in [0.1, 0.15) is 23.5 Å². The highest BCUT2D eigenvalue weighted by atomic mass is 19.1.